The van der Waals surface area contributed by atoms with Gasteiger partial charge in [-0.1, -0.05) is 13.8 Å². The van der Waals surface area contributed by atoms with Crippen LogP contribution in [-0.2, 0) is 11.3 Å². The van der Waals surface area contributed by atoms with Gasteiger partial charge in [-0.05, 0) is 35.2 Å². The number of carbonyl (C=O) groups excluding carboxylic acids is 1. The van der Waals surface area contributed by atoms with E-state index < -0.39 is 0 Å². The van der Waals surface area contributed by atoms with E-state index in [2.05, 4.69) is 16.8 Å². The Bertz CT molecular complexity index is 327. The highest BCUT2D eigenvalue weighted by atomic mass is 32.1. The number of nitrogens with zero attached hydrogens (tertiary/aromatic N) is 1. The van der Waals surface area contributed by atoms with E-state index in [1.807, 2.05) is 18.7 Å². The zero-order chi connectivity index (χ0) is 10.8. The fourth-order valence-electron chi connectivity index (χ4n) is 1.68. The average Bonchev–Trinajstić information content (AvgIpc) is 2.92. The number of thiophene rings is 1. The topological polar surface area (TPSA) is 20.3 Å². The van der Waals surface area contributed by atoms with Crippen molar-refractivity contribution in [3.63, 3.8) is 0 Å². The maximum Gasteiger partial charge on any atom is 0.225 e. The number of carbonyl (C=O) groups is 1. The molecule has 1 aromatic rings. The van der Waals surface area contributed by atoms with Crippen LogP contribution in [0.3, 0.4) is 0 Å². The molecular weight excluding hydrogens is 206 g/mol. The van der Waals surface area contributed by atoms with Gasteiger partial charge in [-0.15, -0.1) is 0 Å². The van der Waals surface area contributed by atoms with Crippen molar-refractivity contribution < 1.29 is 4.79 Å². The maximum atomic E-state index is 12.0. The molecule has 3 heteroatoms. The van der Waals surface area contributed by atoms with Crippen LogP contribution in [0.15, 0.2) is 16.8 Å². The third-order valence-corrected chi connectivity index (χ3v) is 3.43. The number of rotatable bonds is 4. The lowest BCUT2D eigenvalue weighted by Crippen LogP contribution is -2.35. The summed E-state index contributed by atoms with van der Waals surface area (Å²) >= 11 is 1.70. The smallest absolute Gasteiger partial charge is 0.225 e. The predicted octanol–water partition coefficient (Wildman–Crippen LogP) is 2.90. The van der Waals surface area contributed by atoms with Crippen LogP contribution in [0.2, 0.25) is 0 Å². The molecule has 0 N–H and O–H groups in total. The molecule has 1 aromatic heterocycles. The molecular formula is C12H17NOS. The highest BCUT2D eigenvalue weighted by Gasteiger charge is 2.33. The normalized spacial score (nSPS) is 15.7. The number of hydrogen-bond acceptors (Lipinski definition) is 2. The van der Waals surface area contributed by atoms with Crippen molar-refractivity contribution in [2.24, 2.45) is 5.92 Å². The third kappa shape index (κ3) is 2.59. The van der Waals surface area contributed by atoms with E-state index in [0.717, 1.165) is 6.54 Å². The lowest BCUT2D eigenvalue weighted by molar-refractivity contribution is -0.135. The minimum Gasteiger partial charge on any atom is -0.335 e. The molecule has 1 amide bonds. The minimum atomic E-state index is 0.115. The average molecular weight is 223 g/mol. The summed E-state index contributed by atoms with van der Waals surface area (Å²) < 4.78 is 0. The zero-order valence-electron chi connectivity index (χ0n) is 9.27. The summed E-state index contributed by atoms with van der Waals surface area (Å²) in [5, 5.41) is 4.20. The van der Waals surface area contributed by atoms with Crippen molar-refractivity contribution in [2.75, 3.05) is 0 Å². The quantitative estimate of drug-likeness (QED) is 0.768. The monoisotopic (exact) mass is 223 g/mol. The van der Waals surface area contributed by atoms with Gasteiger partial charge in [0.15, 0.2) is 0 Å². The van der Waals surface area contributed by atoms with Crippen molar-refractivity contribution in [1.29, 1.82) is 0 Å². The molecule has 1 saturated carbocycles. The standard InChI is InChI=1S/C12H17NOS/c1-9(2)12(14)13(11-3-4-11)7-10-5-6-15-8-10/h5-6,8-9,11H,3-4,7H2,1-2H3. The van der Waals surface area contributed by atoms with Gasteiger partial charge in [-0.2, -0.15) is 11.3 Å². The van der Waals surface area contributed by atoms with Gasteiger partial charge >= 0.3 is 0 Å². The van der Waals surface area contributed by atoms with E-state index >= 15 is 0 Å². The summed E-state index contributed by atoms with van der Waals surface area (Å²) in [6.45, 7) is 4.75. The molecule has 0 aliphatic heterocycles. The molecule has 1 aliphatic carbocycles. The van der Waals surface area contributed by atoms with E-state index in [0.29, 0.717) is 11.9 Å². The van der Waals surface area contributed by atoms with E-state index in [1.54, 1.807) is 11.3 Å². The molecule has 0 atom stereocenters. The number of amides is 1. The summed E-state index contributed by atoms with van der Waals surface area (Å²) in [5.41, 5.74) is 1.26. The molecule has 1 heterocycles. The first-order chi connectivity index (χ1) is 7.18. The van der Waals surface area contributed by atoms with Crippen molar-refractivity contribution in [2.45, 2.75) is 39.3 Å². The van der Waals surface area contributed by atoms with Crippen molar-refractivity contribution in [3.05, 3.63) is 22.4 Å². The second-order valence-corrected chi connectivity index (χ2v) is 5.26. The Balaban J connectivity index is 2.03. The predicted molar refractivity (Wildman–Crippen MR) is 62.7 cm³/mol. The van der Waals surface area contributed by atoms with E-state index in [1.165, 1.54) is 18.4 Å². The van der Waals surface area contributed by atoms with Crippen LogP contribution in [0.1, 0.15) is 32.3 Å². The summed E-state index contributed by atoms with van der Waals surface area (Å²) in [7, 11) is 0. The third-order valence-electron chi connectivity index (χ3n) is 2.70. The molecule has 0 aromatic carbocycles. The van der Waals surface area contributed by atoms with Gasteiger partial charge in [0.2, 0.25) is 5.91 Å². The van der Waals surface area contributed by atoms with E-state index in [-0.39, 0.29) is 5.92 Å². The Morgan fingerprint density at radius 3 is 2.80 bits per heavy atom. The Morgan fingerprint density at radius 2 is 2.33 bits per heavy atom. The van der Waals surface area contributed by atoms with Crippen LogP contribution in [0.4, 0.5) is 0 Å². The summed E-state index contributed by atoms with van der Waals surface area (Å²) in [4.78, 5) is 14.0. The zero-order valence-corrected chi connectivity index (χ0v) is 10.1. The molecule has 1 fully saturated rings. The van der Waals surface area contributed by atoms with Crippen molar-refractivity contribution >= 4 is 17.2 Å². The van der Waals surface area contributed by atoms with Crippen LogP contribution in [-0.4, -0.2) is 16.8 Å². The Hall–Kier alpha value is -0.830. The van der Waals surface area contributed by atoms with Gasteiger partial charge < -0.3 is 4.90 Å². The molecule has 0 saturated heterocycles. The molecule has 15 heavy (non-hydrogen) atoms. The lowest BCUT2D eigenvalue weighted by atomic mass is 10.1. The SMILES string of the molecule is CC(C)C(=O)N(Cc1ccsc1)C1CC1. The van der Waals surface area contributed by atoms with Crippen LogP contribution in [0.5, 0.6) is 0 Å². The molecule has 82 valence electrons. The van der Waals surface area contributed by atoms with E-state index in [9.17, 15) is 4.79 Å². The van der Waals surface area contributed by atoms with Crippen LogP contribution in [0.25, 0.3) is 0 Å². The van der Waals surface area contributed by atoms with Gasteiger partial charge in [0.1, 0.15) is 0 Å². The van der Waals surface area contributed by atoms with Crippen molar-refractivity contribution in [3.8, 4) is 0 Å². The first-order valence-electron chi connectivity index (χ1n) is 5.50. The van der Waals surface area contributed by atoms with Gasteiger partial charge in [-0.25, -0.2) is 0 Å². The van der Waals surface area contributed by atoms with Gasteiger partial charge in [0.25, 0.3) is 0 Å². The highest BCUT2D eigenvalue weighted by Crippen LogP contribution is 2.29. The van der Waals surface area contributed by atoms with E-state index in [4.69, 9.17) is 0 Å². The highest BCUT2D eigenvalue weighted by molar-refractivity contribution is 7.07. The molecule has 0 spiro atoms. The van der Waals surface area contributed by atoms with Gasteiger partial charge in [0.05, 0.1) is 0 Å². The second kappa shape index (κ2) is 4.35. The lowest BCUT2D eigenvalue weighted by Gasteiger charge is -2.23. The van der Waals surface area contributed by atoms with Crippen LogP contribution < -0.4 is 0 Å². The largest absolute Gasteiger partial charge is 0.335 e. The molecule has 2 nitrogen and oxygen atoms in total. The molecule has 0 radical (unpaired) electrons. The summed E-state index contributed by atoms with van der Waals surface area (Å²) in [5.74, 6) is 0.410. The van der Waals surface area contributed by atoms with Crippen LogP contribution >= 0.6 is 11.3 Å². The fraction of sp³-hybridized carbons (Fsp3) is 0.583. The molecule has 0 unspecified atom stereocenters. The first kappa shape index (κ1) is 10.7. The minimum absolute atomic E-state index is 0.115. The first-order valence-corrected chi connectivity index (χ1v) is 6.44. The Morgan fingerprint density at radius 1 is 1.60 bits per heavy atom. The van der Waals surface area contributed by atoms with Crippen LogP contribution in [0, 0.1) is 5.92 Å². The summed E-state index contributed by atoms with van der Waals surface area (Å²) in [6, 6.07) is 2.62. The number of hydrogen-bond donors (Lipinski definition) is 0. The second-order valence-electron chi connectivity index (χ2n) is 4.48. The summed E-state index contributed by atoms with van der Waals surface area (Å²) in [6.07, 6.45) is 2.37. The maximum absolute atomic E-state index is 12.0. The van der Waals surface area contributed by atoms with Gasteiger partial charge in [-0.3, -0.25) is 4.79 Å². The van der Waals surface area contributed by atoms with Gasteiger partial charge in [0, 0.05) is 18.5 Å². The Labute approximate surface area is 94.9 Å². The van der Waals surface area contributed by atoms with Crippen molar-refractivity contribution in [1.82, 2.24) is 4.90 Å². The molecule has 0 bridgehead atoms. The Kier molecular flexibility index (Phi) is 3.10. The molecule has 1 aliphatic rings. The molecule has 2 rings (SSSR count). The fourth-order valence-corrected chi connectivity index (χ4v) is 2.34.